The molecule has 0 bridgehead atoms. The highest BCUT2D eigenvalue weighted by atomic mass is 32.2. The summed E-state index contributed by atoms with van der Waals surface area (Å²) < 4.78 is 28.9. The summed E-state index contributed by atoms with van der Waals surface area (Å²) >= 11 is 0. The first kappa shape index (κ1) is 28.6. The van der Waals surface area contributed by atoms with Crippen LogP contribution >= 0.6 is 0 Å². The van der Waals surface area contributed by atoms with Gasteiger partial charge >= 0.3 is 0 Å². The standard InChI is InChI=1S/C24H34N6O5S/c1-17(2)13-20-10-11-21(29-36(34,35)16-18-7-4-3-5-8-18)23(33)30(20)14-22(32)28-19(15-31)9-6-12-27-24(25)26/h3-5,7-8,10-11,15,17,19,29H,6,9,12-14,16H2,1-2H3,(H,28,32)(H4,25,26,27). The van der Waals surface area contributed by atoms with E-state index in [1.807, 2.05) is 13.8 Å². The molecule has 0 saturated heterocycles. The Morgan fingerprint density at radius 3 is 2.44 bits per heavy atom. The van der Waals surface area contributed by atoms with Crippen LogP contribution in [0.2, 0.25) is 0 Å². The van der Waals surface area contributed by atoms with Crippen LogP contribution in [0.25, 0.3) is 0 Å². The molecule has 1 unspecified atom stereocenters. The van der Waals surface area contributed by atoms with E-state index >= 15 is 0 Å². The van der Waals surface area contributed by atoms with E-state index in [0.29, 0.717) is 43.4 Å². The van der Waals surface area contributed by atoms with E-state index in [2.05, 4.69) is 15.0 Å². The second-order valence-electron chi connectivity index (χ2n) is 8.83. The van der Waals surface area contributed by atoms with Crippen molar-refractivity contribution in [2.75, 3.05) is 11.3 Å². The molecule has 1 aromatic heterocycles. The molecule has 0 fully saturated rings. The Morgan fingerprint density at radius 1 is 1.14 bits per heavy atom. The number of nitrogens with two attached hydrogens (primary N) is 2. The molecule has 11 nitrogen and oxygen atoms in total. The molecule has 2 rings (SSSR count). The molecule has 2 aromatic rings. The fraction of sp³-hybridized carbons (Fsp3) is 0.417. The van der Waals surface area contributed by atoms with Crippen molar-refractivity contribution < 1.29 is 18.0 Å². The Bertz CT molecular complexity index is 1220. The highest BCUT2D eigenvalue weighted by Crippen LogP contribution is 2.13. The average Bonchev–Trinajstić information content (AvgIpc) is 2.80. The minimum absolute atomic E-state index is 0.0574. The summed E-state index contributed by atoms with van der Waals surface area (Å²) in [5.74, 6) is -0.733. The van der Waals surface area contributed by atoms with Gasteiger partial charge in [-0.2, -0.15) is 0 Å². The number of nitrogens with zero attached hydrogens (tertiary/aromatic N) is 2. The minimum Gasteiger partial charge on any atom is -0.370 e. The number of carbonyl (C=O) groups is 2. The molecule has 196 valence electrons. The Balaban J connectivity index is 2.21. The Labute approximate surface area is 211 Å². The number of aliphatic imine (C=N–C) groups is 1. The Kier molecular flexibility index (Phi) is 10.7. The van der Waals surface area contributed by atoms with Crippen LogP contribution in [-0.2, 0) is 38.3 Å². The second kappa shape index (κ2) is 13.4. The number of nitrogens with one attached hydrogen (secondary N) is 2. The first-order valence-electron chi connectivity index (χ1n) is 11.6. The summed E-state index contributed by atoms with van der Waals surface area (Å²) in [5.41, 5.74) is 10.9. The predicted octanol–water partition coefficient (Wildman–Crippen LogP) is 0.726. The van der Waals surface area contributed by atoms with Gasteiger partial charge in [-0.05, 0) is 42.9 Å². The molecule has 0 saturated carbocycles. The number of hydrogen-bond donors (Lipinski definition) is 4. The number of carbonyl (C=O) groups excluding carboxylic acids is 2. The van der Waals surface area contributed by atoms with Crippen LogP contribution in [0.5, 0.6) is 0 Å². The SMILES string of the molecule is CC(C)Cc1ccc(NS(=O)(=O)Cc2ccccc2)c(=O)n1CC(=O)NC(C=O)CCCN=C(N)N. The van der Waals surface area contributed by atoms with Crippen molar-refractivity contribution in [3.63, 3.8) is 0 Å². The van der Waals surface area contributed by atoms with E-state index in [1.54, 1.807) is 36.4 Å². The summed E-state index contributed by atoms with van der Waals surface area (Å²) in [6.07, 6.45) is 1.90. The lowest BCUT2D eigenvalue weighted by Crippen LogP contribution is -2.41. The van der Waals surface area contributed by atoms with Crippen LogP contribution < -0.4 is 27.1 Å². The van der Waals surface area contributed by atoms with Crippen molar-refractivity contribution >= 4 is 33.9 Å². The van der Waals surface area contributed by atoms with Crippen LogP contribution in [0.15, 0.2) is 52.3 Å². The van der Waals surface area contributed by atoms with Gasteiger partial charge in [0.2, 0.25) is 15.9 Å². The Hall–Kier alpha value is -3.67. The fourth-order valence-electron chi connectivity index (χ4n) is 3.55. The van der Waals surface area contributed by atoms with Crippen LogP contribution in [0.3, 0.4) is 0 Å². The molecule has 36 heavy (non-hydrogen) atoms. The highest BCUT2D eigenvalue weighted by Gasteiger charge is 2.19. The lowest BCUT2D eigenvalue weighted by atomic mass is 10.1. The highest BCUT2D eigenvalue weighted by molar-refractivity contribution is 7.91. The van der Waals surface area contributed by atoms with Crippen LogP contribution in [-0.4, -0.2) is 43.7 Å². The van der Waals surface area contributed by atoms with Crippen molar-refractivity contribution in [1.82, 2.24) is 9.88 Å². The third-order valence-corrected chi connectivity index (χ3v) is 6.37. The first-order valence-corrected chi connectivity index (χ1v) is 13.2. The van der Waals surface area contributed by atoms with Gasteiger partial charge < -0.3 is 26.1 Å². The zero-order valence-corrected chi connectivity index (χ0v) is 21.3. The van der Waals surface area contributed by atoms with Gasteiger partial charge in [0.25, 0.3) is 5.56 Å². The number of pyridine rings is 1. The number of rotatable bonds is 14. The van der Waals surface area contributed by atoms with Gasteiger partial charge in [-0.1, -0.05) is 44.2 Å². The number of sulfonamides is 1. The number of anilines is 1. The maximum atomic E-state index is 13.2. The number of guanidine groups is 1. The molecule has 12 heteroatoms. The monoisotopic (exact) mass is 518 g/mol. The van der Waals surface area contributed by atoms with Crippen molar-refractivity contribution in [3.05, 3.63) is 64.1 Å². The zero-order chi connectivity index (χ0) is 26.7. The number of aldehydes is 1. The lowest BCUT2D eigenvalue weighted by molar-refractivity contribution is -0.124. The topological polar surface area (TPSA) is 179 Å². The van der Waals surface area contributed by atoms with Gasteiger partial charge in [0.05, 0.1) is 11.8 Å². The average molecular weight is 519 g/mol. The van der Waals surface area contributed by atoms with Crippen LogP contribution in [0.1, 0.15) is 37.9 Å². The van der Waals surface area contributed by atoms with E-state index < -0.39 is 27.5 Å². The smallest absolute Gasteiger partial charge is 0.275 e. The fourth-order valence-corrected chi connectivity index (χ4v) is 4.74. The van der Waals surface area contributed by atoms with E-state index in [4.69, 9.17) is 11.5 Å². The largest absolute Gasteiger partial charge is 0.370 e. The number of amides is 1. The Morgan fingerprint density at radius 2 is 1.83 bits per heavy atom. The molecular weight excluding hydrogens is 484 g/mol. The molecule has 6 N–H and O–H groups in total. The van der Waals surface area contributed by atoms with Gasteiger partial charge in [-0.25, -0.2) is 8.42 Å². The quantitative estimate of drug-likeness (QED) is 0.123. The molecule has 1 amide bonds. The maximum Gasteiger partial charge on any atom is 0.275 e. The van der Waals surface area contributed by atoms with Crippen molar-refractivity contribution in [2.24, 2.45) is 22.4 Å². The van der Waals surface area contributed by atoms with E-state index in [9.17, 15) is 22.8 Å². The summed E-state index contributed by atoms with van der Waals surface area (Å²) in [6.45, 7) is 3.87. The van der Waals surface area contributed by atoms with Crippen molar-refractivity contribution in [1.29, 1.82) is 0 Å². The molecule has 0 radical (unpaired) electrons. The number of benzene rings is 1. The minimum atomic E-state index is -3.87. The predicted molar refractivity (Wildman–Crippen MR) is 140 cm³/mol. The number of aromatic nitrogens is 1. The molecule has 0 spiro atoms. The van der Waals surface area contributed by atoms with E-state index in [-0.39, 0.29) is 29.9 Å². The normalized spacial score (nSPS) is 12.1. The van der Waals surface area contributed by atoms with Crippen LogP contribution in [0.4, 0.5) is 5.69 Å². The molecular formula is C24H34N6O5S. The third kappa shape index (κ3) is 9.53. The van der Waals surface area contributed by atoms with Gasteiger partial charge in [0.15, 0.2) is 5.96 Å². The third-order valence-electron chi connectivity index (χ3n) is 5.13. The molecule has 1 atom stereocenters. The summed E-state index contributed by atoms with van der Waals surface area (Å²) in [7, 11) is -3.87. The molecule has 0 aliphatic carbocycles. The molecule has 1 heterocycles. The van der Waals surface area contributed by atoms with Crippen molar-refractivity contribution in [2.45, 2.75) is 51.4 Å². The molecule has 0 aliphatic heterocycles. The van der Waals surface area contributed by atoms with Crippen molar-refractivity contribution in [3.8, 4) is 0 Å². The van der Waals surface area contributed by atoms with Crippen LogP contribution in [0, 0.1) is 5.92 Å². The molecule has 0 aliphatic rings. The van der Waals surface area contributed by atoms with Gasteiger partial charge in [0.1, 0.15) is 18.5 Å². The van der Waals surface area contributed by atoms with E-state index in [1.165, 1.54) is 10.6 Å². The van der Waals surface area contributed by atoms with Gasteiger partial charge in [-0.15, -0.1) is 0 Å². The lowest BCUT2D eigenvalue weighted by Gasteiger charge is -2.18. The second-order valence-corrected chi connectivity index (χ2v) is 10.6. The number of hydrogen-bond acceptors (Lipinski definition) is 6. The summed E-state index contributed by atoms with van der Waals surface area (Å²) in [5, 5.41) is 2.60. The summed E-state index contributed by atoms with van der Waals surface area (Å²) in [6, 6.07) is 10.8. The van der Waals surface area contributed by atoms with E-state index in [0.717, 1.165) is 0 Å². The van der Waals surface area contributed by atoms with Gasteiger partial charge in [0, 0.05) is 12.2 Å². The zero-order valence-electron chi connectivity index (χ0n) is 20.5. The van der Waals surface area contributed by atoms with Gasteiger partial charge in [-0.3, -0.25) is 19.3 Å². The molecule has 1 aromatic carbocycles. The maximum absolute atomic E-state index is 13.2. The first-order chi connectivity index (χ1) is 17.0. The summed E-state index contributed by atoms with van der Waals surface area (Å²) in [4.78, 5) is 41.2.